The molecule has 0 saturated carbocycles. The van der Waals surface area contributed by atoms with Gasteiger partial charge in [0.25, 0.3) is 5.91 Å². The molecule has 0 aliphatic carbocycles. The Balaban J connectivity index is 2.02. The number of aliphatic hydroxyl groups is 1. The van der Waals surface area contributed by atoms with Crippen molar-refractivity contribution in [3.8, 4) is 0 Å². The maximum Gasteiger partial charge on any atom is 0.261 e. The highest BCUT2D eigenvalue weighted by Gasteiger charge is 2.48. The normalized spacial score (nSPS) is 19.9. The Morgan fingerprint density at radius 1 is 1.41 bits per heavy atom. The second-order valence-corrected chi connectivity index (χ2v) is 8.00. The topological polar surface area (TPSA) is 66.4 Å². The number of halogens is 2. The monoisotopic (exact) mass is 399 g/mol. The number of thiophene rings is 1. The highest BCUT2D eigenvalue weighted by Crippen LogP contribution is 2.45. The number of rotatable bonds is 3. The molecule has 22 heavy (non-hydrogen) atoms. The summed E-state index contributed by atoms with van der Waals surface area (Å²) in [6.45, 7) is 1.80. The second kappa shape index (κ2) is 5.45. The van der Waals surface area contributed by atoms with E-state index < -0.39 is 11.5 Å². The van der Waals surface area contributed by atoms with E-state index >= 15 is 0 Å². The zero-order valence-corrected chi connectivity index (χ0v) is 14.6. The van der Waals surface area contributed by atoms with Crippen LogP contribution >= 0.6 is 38.9 Å². The highest BCUT2D eigenvalue weighted by molar-refractivity contribution is 9.11. The third kappa shape index (κ3) is 2.40. The van der Waals surface area contributed by atoms with Gasteiger partial charge in [0, 0.05) is 10.6 Å². The number of ketones is 1. The van der Waals surface area contributed by atoms with E-state index in [4.69, 9.17) is 11.6 Å². The van der Waals surface area contributed by atoms with Crippen LogP contribution in [0.15, 0.2) is 28.1 Å². The summed E-state index contributed by atoms with van der Waals surface area (Å²) in [4.78, 5) is 25.1. The molecule has 0 unspecified atom stereocenters. The molecule has 1 amide bonds. The van der Waals surface area contributed by atoms with E-state index in [-0.39, 0.29) is 22.8 Å². The average Bonchev–Trinajstić information content (AvgIpc) is 2.99. The van der Waals surface area contributed by atoms with E-state index in [0.717, 1.165) is 9.35 Å². The molecule has 0 spiro atoms. The van der Waals surface area contributed by atoms with Crippen LogP contribution in [0.3, 0.4) is 0 Å². The molecule has 114 valence electrons. The molecular weight excluding hydrogens is 390 g/mol. The maximum atomic E-state index is 12.4. The zero-order valence-electron chi connectivity index (χ0n) is 11.4. The Labute approximate surface area is 144 Å². The Bertz CT molecular complexity index is 804. The van der Waals surface area contributed by atoms with Crippen LogP contribution in [0.2, 0.25) is 5.02 Å². The third-order valence-electron chi connectivity index (χ3n) is 3.65. The van der Waals surface area contributed by atoms with E-state index in [9.17, 15) is 14.7 Å². The molecule has 0 fully saturated rings. The number of aryl methyl sites for hydroxylation is 1. The number of nitrogens with one attached hydrogen (secondary N) is 1. The van der Waals surface area contributed by atoms with Gasteiger partial charge in [-0.1, -0.05) is 17.7 Å². The van der Waals surface area contributed by atoms with Crippen molar-refractivity contribution in [3.05, 3.63) is 49.1 Å². The number of benzene rings is 1. The van der Waals surface area contributed by atoms with Crippen molar-refractivity contribution in [3.63, 3.8) is 0 Å². The van der Waals surface area contributed by atoms with Gasteiger partial charge in [0.2, 0.25) is 0 Å². The standard InChI is InChI=1S/C15H11BrClNO3S/c1-7-2-3-8(17)12-13(7)18-14(20)15(12,21)6-9(19)10-4-5-11(16)22-10/h2-5,21H,6H2,1H3,(H,18,20)/t15-/m1/s1. The van der Waals surface area contributed by atoms with E-state index in [0.29, 0.717) is 10.6 Å². The van der Waals surface area contributed by atoms with Crippen molar-refractivity contribution in [2.24, 2.45) is 0 Å². The van der Waals surface area contributed by atoms with Crippen LogP contribution in [-0.2, 0) is 10.4 Å². The number of fused-ring (bicyclic) bond motifs is 1. The van der Waals surface area contributed by atoms with Crippen LogP contribution in [0.1, 0.15) is 27.2 Å². The molecule has 2 aromatic rings. The summed E-state index contributed by atoms with van der Waals surface area (Å²) in [7, 11) is 0. The molecule has 1 aromatic carbocycles. The fourth-order valence-electron chi connectivity index (χ4n) is 2.53. The molecule has 2 N–H and O–H groups in total. The summed E-state index contributed by atoms with van der Waals surface area (Å²) in [5.41, 5.74) is -0.385. The summed E-state index contributed by atoms with van der Waals surface area (Å²) < 4.78 is 0.813. The first-order valence-electron chi connectivity index (χ1n) is 6.45. The van der Waals surface area contributed by atoms with Crippen molar-refractivity contribution >= 4 is 56.2 Å². The Morgan fingerprint density at radius 2 is 2.14 bits per heavy atom. The number of carbonyl (C=O) groups is 2. The van der Waals surface area contributed by atoms with E-state index in [1.807, 2.05) is 0 Å². The maximum absolute atomic E-state index is 12.4. The summed E-state index contributed by atoms with van der Waals surface area (Å²) in [6.07, 6.45) is -0.345. The van der Waals surface area contributed by atoms with Crippen LogP contribution in [0.4, 0.5) is 5.69 Å². The van der Waals surface area contributed by atoms with Crippen molar-refractivity contribution in [2.45, 2.75) is 18.9 Å². The number of Topliss-reactive ketones (excluding diaryl/α,β-unsaturated/α-hetero) is 1. The predicted octanol–water partition coefficient (Wildman–Crippen LogP) is 3.89. The van der Waals surface area contributed by atoms with E-state index in [2.05, 4.69) is 21.2 Å². The summed E-state index contributed by atoms with van der Waals surface area (Å²) >= 11 is 10.7. The lowest BCUT2D eigenvalue weighted by atomic mass is 9.88. The van der Waals surface area contributed by atoms with Gasteiger partial charge in [-0.2, -0.15) is 0 Å². The fourth-order valence-corrected chi connectivity index (χ4v) is 4.17. The molecule has 0 saturated heterocycles. The Hall–Kier alpha value is -1.21. The number of hydrogen-bond donors (Lipinski definition) is 2. The first-order valence-corrected chi connectivity index (χ1v) is 8.43. The van der Waals surface area contributed by atoms with Gasteiger partial charge in [-0.25, -0.2) is 0 Å². The minimum absolute atomic E-state index is 0.265. The van der Waals surface area contributed by atoms with Gasteiger partial charge in [0.1, 0.15) is 0 Å². The first-order chi connectivity index (χ1) is 10.3. The molecule has 3 rings (SSSR count). The fraction of sp³-hybridized carbons (Fsp3) is 0.200. The van der Waals surface area contributed by atoms with Crippen LogP contribution in [0.25, 0.3) is 0 Å². The van der Waals surface area contributed by atoms with Gasteiger partial charge in [0.15, 0.2) is 11.4 Å². The lowest BCUT2D eigenvalue weighted by Crippen LogP contribution is -2.36. The molecule has 7 heteroatoms. The molecule has 4 nitrogen and oxygen atoms in total. The van der Waals surface area contributed by atoms with Gasteiger partial charge in [-0.05, 0) is 46.6 Å². The second-order valence-electron chi connectivity index (χ2n) is 5.13. The molecule has 2 heterocycles. The number of amides is 1. The summed E-state index contributed by atoms with van der Waals surface area (Å²) in [6, 6.07) is 6.78. The first kappa shape index (κ1) is 15.7. The zero-order chi connectivity index (χ0) is 16.1. The van der Waals surface area contributed by atoms with Crippen molar-refractivity contribution in [2.75, 3.05) is 5.32 Å². The quantitative estimate of drug-likeness (QED) is 0.768. The van der Waals surface area contributed by atoms with Crippen LogP contribution in [0, 0.1) is 6.92 Å². The molecule has 1 aliphatic rings. The van der Waals surface area contributed by atoms with Gasteiger partial charge in [-0.3, -0.25) is 9.59 Å². The predicted molar refractivity (Wildman–Crippen MR) is 89.7 cm³/mol. The number of anilines is 1. The molecule has 1 atom stereocenters. The molecule has 1 aliphatic heterocycles. The largest absolute Gasteiger partial charge is 0.375 e. The Morgan fingerprint density at radius 3 is 2.77 bits per heavy atom. The molecule has 1 aromatic heterocycles. The number of carbonyl (C=O) groups excluding carboxylic acids is 2. The summed E-state index contributed by atoms with van der Waals surface area (Å²) in [5.74, 6) is -0.929. The van der Waals surface area contributed by atoms with Crippen molar-refractivity contribution in [1.29, 1.82) is 0 Å². The van der Waals surface area contributed by atoms with Crippen LogP contribution in [0.5, 0.6) is 0 Å². The van der Waals surface area contributed by atoms with Gasteiger partial charge >= 0.3 is 0 Å². The molecular formula is C15H11BrClNO3S. The van der Waals surface area contributed by atoms with Gasteiger partial charge in [-0.15, -0.1) is 11.3 Å². The van der Waals surface area contributed by atoms with Crippen molar-refractivity contribution < 1.29 is 14.7 Å². The molecule has 0 radical (unpaired) electrons. The van der Waals surface area contributed by atoms with E-state index in [1.54, 1.807) is 31.2 Å². The minimum atomic E-state index is -1.94. The Kier molecular flexibility index (Phi) is 3.89. The van der Waals surface area contributed by atoms with Crippen molar-refractivity contribution in [1.82, 2.24) is 0 Å². The SMILES string of the molecule is Cc1ccc(Cl)c2c1NC(=O)[C@@]2(O)CC(=O)c1ccc(Br)s1. The van der Waals surface area contributed by atoms with Crippen LogP contribution in [-0.4, -0.2) is 16.8 Å². The average molecular weight is 401 g/mol. The number of hydrogen-bond acceptors (Lipinski definition) is 4. The van der Waals surface area contributed by atoms with Crippen LogP contribution < -0.4 is 5.32 Å². The van der Waals surface area contributed by atoms with E-state index in [1.165, 1.54) is 11.3 Å². The van der Waals surface area contributed by atoms with Gasteiger partial charge < -0.3 is 10.4 Å². The minimum Gasteiger partial charge on any atom is -0.375 e. The summed E-state index contributed by atoms with van der Waals surface area (Å²) in [5, 5.41) is 13.7. The smallest absolute Gasteiger partial charge is 0.261 e. The highest BCUT2D eigenvalue weighted by atomic mass is 79.9. The molecule has 0 bridgehead atoms. The lowest BCUT2D eigenvalue weighted by Gasteiger charge is -2.20. The third-order valence-corrected chi connectivity index (χ3v) is 5.63. The van der Waals surface area contributed by atoms with Gasteiger partial charge in [0.05, 0.1) is 20.8 Å². The lowest BCUT2D eigenvalue weighted by molar-refractivity contribution is -0.133.